The lowest BCUT2D eigenvalue weighted by Crippen LogP contribution is -2.30. The molecule has 0 saturated carbocycles. The second kappa shape index (κ2) is 6.33. The highest BCUT2D eigenvalue weighted by molar-refractivity contribution is 6.32. The zero-order chi connectivity index (χ0) is 14.5. The molecular formula is C11H11ClN4O4. The molecule has 0 spiro atoms. The summed E-state index contributed by atoms with van der Waals surface area (Å²) in [6.07, 6.45) is 0. The van der Waals surface area contributed by atoms with Crippen LogP contribution in [-0.4, -0.2) is 31.0 Å². The van der Waals surface area contributed by atoms with Crippen molar-refractivity contribution in [2.75, 3.05) is 19.9 Å². The maximum atomic E-state index is 11.3. The van der Waals surface area contributed by atoms with Crippen molar-refractivity contribution in [2.24, 2.45) is 5.11 Å². The fourth-order valence-corrected chi connectivity index (χ4v) is 2.08. The highest BCUT2D eigenvalue weighted by Crippen LogP contribution is 2.41. The van der Waals surface area contributed by atoms with E-state index < -0.39 is 12.0 Å². The van der Waals surface area contributed by atoms with Crippen LogP contribution < -0.4 is 14.8 Å². The fourth-order valence-electron chi connectivity index (χ4n) is 1.81. The molecule has 106 valence electrons. The molecule has 1 aromatic rings. The number of halogens is 1. The van der Waals surface area contributed by atoms with Gasteiger partial charge in [0.2, 0.25) is 6.79 Å². The number of carbonyl (C=O) groups is 1. The molecule has 0 bridgehead atoms. The summed E-state index contributed by atoms with van der Waals surface area (Å²) < 4.78 is 10.4. The monoisotopic (exact) mass is 298 g/mol. The van der Waals surface area contributed by atoms with E-state index in [0.717, 1.165) is 0 Å². The minimum Gasteiger partial charge on any atom is -0.480 e. The largest absolute Gasteiger partial charge is 0.480 e. The van der Waals surface area contributed by atoms with Crippen LogP contribution in [0, 0.1) is 0 Å². The van der Waals surface area contributed by atoms with E-state index in [4.69, 9.17) is 26.6 Å². The summed E-state index contributed by atoms with van der Waals surface area (Å²) in [6, 6.07) is 2.10. The Kier molecular flexibility index (Phi) is 4.52. The average Bonchev–Trinajstić information content (AvgIpc) is 2.87. The molecule has 9 heteroatoms. The molecule has 20 heavy (non-hydrogen) atoms. The summed E-state index contributed by atoms with van der Waals surface area (Å²) in [5, 5.41) is 15.6. The molecule has 2 N–H and O–H groups in total. The number of azide groups is 1. The van der Waals surface area contributed by atoms with Crippen LogP contribution in [-0.2, 0) is 4.79 Å². The number of nitrogens with zero attached hydrogens (tertiary/aromatic N) is 3. The van der Waals surface area contributed by atoms with Crippen molar-refractivity contribution in [3.63, 3.8) is 0 Å². The first-order valence-corrected chi connectivity index (χ1v) is 6.07. The van der Waals surface area contributed by atoms with Gasteiger partial charge in [-0.25, -0.2) is 0 Å². The molecule has 0 radical (unpaired) electrons. The predicted molar refractivity (Wildman–Crippen MR) is 70.0 cm³/mol. The van der Waals surface area contributed by atoms with Gasteiger partial charge in [-0.1, -0.05) is 16.7 Å². The third kappa shape index (κ3) is 3.05. The van der Waals surface area contributed by atoms with Crippen LogP contribution in [0.15, 0.2) is 17.2 Å². The van der Waals surface area contributed by atoms with E-state index in [1.54, 1.807) is 6.07 Å². The van der Waals surface area contributed by atoms with Crippen molar-refractivity contribution >= 4 is 17.6 Å². The minimum atomic E-state index is -1.07. The summed E-state index contributed by atoms with van der Waals surface area (Å²) in [5.74, 6) is -0.245. The van der Waals surface area contributed by atoms with E-state index in [-0.39, 0.29) is 24.9 Å². The number of fused-ring (bicyclic) bond motifs is 1. The quantitative estimate of drug-likeness (QED) is 0.361. The number of aliphatic carboxylic acids is 1. The Hall–Kier alpha value is -2.15. The highest BCUT2D eigenvalue weighted by atomic mass is 35.5. The van der Waals surface area contributed by atoms with Crippen LogP contribution in [0.25, 0.3) is 10.4 Å². The topological polar surface area (TPSA) is 117 Å². The van der Waals surface area contributed by atoms with Crippen molar-refractivity contribution < 1.29 is 19.4 Å². The van der Waals surface area contributed by atoms with Crippen molar-refractivity contribution in [2.45, 2.75) is 6.04 Å². The molecule has 2 rings (SSSR count). The Morgan fingerprint density at radius 1 is 1.60 bits per heavy atom. The molecule has 0 amide bonds. The van der Waals surface area contributed by atoms with Crippen LogP contribution in [0.1, 0.15) is 11.6 Å². The molecule has 1 aliphatic heterocycles. The van der Waals surface area contributed by atoms with Gasteiger partial charge in [-0.2, -0.15) is 0 Å². The third-order valence-electron chi connectivity index (χ3n) is 2.65. The van der Waals surface area contributed by atoms with Gasteiger partial charge in [0.25, 0.3) is 0 Å². The van der Waals surface area contributed by atoms with Crippen LogP contribution in [0.5, 0.6) is 11.5 Å². The van der Waals surface area contributed by atoms with Gasteiger partial charge in [-0.05, 0) is 23.2 Å². The molecular weight excluding hydrogens is 288 g/mol. The Balaban J connectivity index is 2.19. The van der Waals surface area contributed by atoms with Crippen molar-refractivity contribution in [1.29, 1.82) is 0 Å². The molecule has 1 atom stereocenters. The Morgan fingerprint density at radius 2 is 2.40 bits per heavy atom. The van der Waals surface area contributed by atoms with Gasteiger partial charge in [-0.15, -0.1) is 0 Å². The molecule has 0 fully saturated rings. The standard InChI is InChI=1S/C11H11ClN4O4/c12-7-3-6(4-8-10(7)20-5-19-8)9(11(17)18)14-1-2-15-16-13/h3-4,9,14H,1-2,5H2,(H,17,18). The molecule has 0 aromatic heterocycles. The maximum absolute atomic E-state index is 11.3. The van der Waals surface area contributed by atoms with E-state index in [0.29, 0.717) is 17.1 Å². The van der Waals surface area contributed by atoms with Gasteiger partial charge in [0.1, 0.15) is 6.04 Å². The molecule has 1 aromatic carbocycles. The predicted octanol–water partition coefficient (Wildman–Crippen LogP) is 2.09. The summed E-state index contributed by atoms with van der Waals surface area (Å²) in [5.41, 5.74) is 8.60. The van der Waals surface area contributed by atoms with E-state index in [2.05, 4.69) is 15.3 Å². The zero-order valence-electron chi connectivity index (χ0n) is 10.2. The van der Waals surface area contributed by atoms with E-state index in [9.17, 15) is 9.90 Å². The van der Waals surface area contributed by atoms with Gasteiger partial charge in [0, 0.05) is 18.0 Å². The summed E-state index contributed by atoms with van der Waals surface area (Å²) in [6.45, 7) is 0.437. The number of hydrogen-bond acceptors (Lipinski definition) is 5. The van der Waals surface area contributed by atoms with Gasteiger partial charge < -0.3 is 19.9 Å². The first kappa shape index (κ1) is 14.3. The molecule has 0 aliphatic carbocycles. The lowest BCUT2D eigenvalue weighted by Gasteiger charge is -2.15. The number of nitrogens with one attached hydrogen (secondary N) is 1. The molecule has 1 unspecified atom stereocenters. The number of benzene rings is 1. The van der Waals surface area contributed by atoms with E-state index in [1.165, 1.54) is 6.07 Å². The van der Waals surface area contributed by atoms with Crippen molar-refractivity contribution in [1.82, 2.24) is 5.32 Å². The first-order chi connectivity index (χ1) is 9.63. The Bertz CT molecular complexity index is 574. The number of hydrogen-bond donors (Lipinski definition) is 2. The summed E-state index contributed by atoms with van der Waals surface area (Å²) in [7, 11) is 0. The smallest absolute Gasteiger partial charge is 0.325 e. The summed E-state index contributed by atoms with van der Waals surface area (Å²) >= 11 is 6.02. The second-order valence-corrected chi connectivity index (χ2v) is 4.32. The lowest BCUT2D eigenvalue weighted by molar-refractivity contribution is -0.139. The van der Waals surface area contributed by atoms with Crippen LogP contribution in [0.2, 0.25) is 5.02 Å². The fraction of sp³-hybridized carbons (Fsp3) is 0.364. The van der Waals surface area contributed by atoms with Crippen LogP contribution >= 0.6 is 11.6 Å². The Labute approximate surface area is 118 Å². The van der Waals surface area contributed by atoms with E-state index >= 15 is 0 Å². The highest BCUT2D eigenvalue weighted by Gasteiger charge is 2.25. The average molecular weight is 299 g/mol. The molecule has 1 aliphatic rings. The van der Waals surface area contributed by atoms with Crippen molar-refractivity contribution in [3.05, 3.63) is 33.2 Å². The lowest BCUT2D eigenvalue weighted by atomic mass is 10.1. The van der Waals surface area contributed by atoms with Crippen molar-refractivity contribution in [3.8, 4) is 11.5 Å². The third-order valence-corrected chi connectivity index (χ3v) is 2.93. The van der Waals surface area contributed by atoms with E-state index in [1.807, 2.05) is 0 Å². The number of ether oxygens (including phenoxy) is 2. The van der Waals surface area contributed by atoms with Crippen LogP contribution in [0.4, 0.5) is 0 Å². The zero-order valence-corrected chi connectivity index (χ0v) is 11.0. The molecule has 1 heterocycles. The normalized spacial score (nSPS) is 13.7. The van der Waals surface area contributed by atoms with Gasteiger partial charge in [-0.3, -0.25) is 4.79 Å². The van der Waals surface area contributed by atoms with Crippen LogP contribution in [0.3, 0.4) is 0 Å². The second-order valence-electron chi connectivity index (χ2n) is 3.92. The first-order valence-electron chi connectivity index (χ1n) is 5.69. The molecule has 8 nitrogen and oxygen atoms in total. The number of carboxylic acids is 1. The summed E-state index contributed by atoms with van der Waals surface area (Å²) in [4.78, 5) is 13.9. The molecule has 0 saturated heterocycles. The Morgan fingerprint density at radius 3 is 3.10 bits per heavy atom. The number of rotatable bonds is 6. The van der Waals surface area contributed by atoms with Gasteiger partial charge in [0.15, 0.2) is 11.5 Å². The van der Waals surface area contributed by atoms with Gasteiger partial charge in [0.05, 0.1) is 5.02 Å². The minimum absolute atomic E-state index is 0.0561. The SMILES string of the molecule is [N-]=[N+]=NCCNC(C(=O)O)c1cc(Cl)c2c(c1)OCO2. The maximum Gasteiger partial charge on any atom is 0.325 e. The number of carboxylic acid groups (broad SMARTS) is 1. The van der Waals surface area contributed by atoms with Gasteiger partial charge >= 0.3 is 5.97 Å².